The van der Waals surface area contributed by atoms with Crippen molar-refractivity contribution in [2.45, 2.75) is 77.3 Å². The monoisotopic (exact) mass is 655 g/mol. The molecule has 19 heteroatoms. The number of aromatic nitrogens is 4. The van der Waals surface area contributed by atoms with E-state index in [2.05, 4.69) is 20.0 Å². The van der Waals surface area contributed by atoms with Crippen LogP contribution in [0.2, 0.25) is 0 Å². The van der Waals surface area contributed by atoms with Gasteiger partial charge in [-0.25, -0.2) is 19.0 Å². The molecule has 0 bridgehead atoms. The summed E-state index contributed by atoms with van der Waals surface area (Å²) >= 11 is 7.05. The number of nitrogens with zero attached hydrogens (tertiary/aromatic N) is 4. The number of nitrogen functional groups attached to an aromatic ring is 2. The van der Waals surface area contributed by atoms with Crippen molar-refractivity contribution < 1.29 is 42.2 Å². The number of alkyl halides is 2. The van der Waals surface area contributed by atoms with Crippen LogP contribution in [0.5, 0.6) is 0 Å². The molecule has 0 aromatic carbocycles. The molecule has 15 nitrogen and oxygen atoms in total. The molecule has 6 N–H and O–H groups in total. The number of carbonyl (C=O) groups excluding carboxylic acids is 2. The lowest BCUT2D eigenvalue weighted by atomic mass is 10.00. The molecule has 0 radical (unpaired) electrons. The Morgan fingerprint density at radius 1 is 1.31 bits per heavy atom. The lowest BCUT2D eigenvalue weighted by Gasteiger charge is -2.25. The quantitative estimate of drug-likeness (QED) is 0.112. The summed E-state index contributed by atoms with van der Waals surface area (Å²) in [5, 5.41) is 10.1. The van der Waals surface area contributed by atoms with Gasteiger partial charge in [-0.3, -0.25) is 23.2 Å². The zero-order chi connectivity index (χ0) is 31.6. The average Bonchev–Trinajstić information content (AvgIpc) is 3.37. The van der Waals surface area contributed by atoms with Gasteiger partial charge in [0.1, 0.15) is 23.8 Å². The van der Waals surface area contributed by atoms with Crippen LogP contribution in [0, 0.1) is 5.41 Å². The molecule has 0 saturated carbocycles. The molecule has 0 spiro atoms. The highest BCUT2D eigenvalue weighted by Gasteiger charge is 2.58. The topological polar surface area (TPSA) is 216 Å². The molecule has 0 aliphatic carbocycles. The summed E-state index contributed by atoms with van der Waals surface area (Å²) in [5.41, 5.74) is 11.0. The number of nitrogens with one attached hydrogen (secondary N) is 1. The minimum Gasteiger partial charge on any atom is -0.462 e. The van der Waals surface area contributed by atoms with Crippen LogP contribution in [0.3, 0.4) is 0 Å². The van der Waals surface area contributed by atoms with E-state index in [0.29, 0.717) is 0 Å². The largest absolute Gasteiger partial charge is 0.462 e. The minimum absolute atomic E-state index is 0.00286. The zero-order valence-electron chi connectivity index (χ0n) is 23.9. The highest BCUT2D eigenvalue weighted by molar-refractivity contribution is 8.13. The Morgan fingerprint density at radius 3 is 2.60 bits per heavy atom. The number of carbonyl (C=O) groups is 2. The molecule has 6 unspecified atom stereocenters. The summed E-state index contributed by atoms with van der Waals surface area (Å²) in [6, 6.07) is -1.15. The molecule has 1 aliphatic rings. The summed E-state index contributed by atoms with van der Waals surface area (Å²) < 4.78 is 52.2. The number of halogens is 2. The number of thioether (sulfide) groups is 1. The molecule has 236 valence electrons. The predicted octanol–water partition coefficient (Wildman–Crippen LogP) is 2.53. The van der Waals surface area contributed by atoms with Crippen molar-refractivity contribution in [2.75, 3.05) is 30.4 Å². The predicted molar refractivity (Wildman–Crippen MR) is 154 cm³/mol. The fourth-order valence-corrected chi connectivity index (χ4v) is 6.33. The summed E-state index contributed by atoms with van der Waals surface area (Å²) in [5.74, 6) is -0.887. The van der Waals surface area contributed by atoms with Gasteiger partial charge in [0.2, 0.25) is 5.95 Å². The molecule has 3 heterocycles. The summed E-state index contributed by atoms with van der Waals surface area (Å²) in [4.78, 5) is 36.4. The lowest BCUT2D eigenvalue weighted by molar-refractivity contribution is -0.149. The number of rotatable bonds is 12. The smallest absolute Gasteiger partial charge is 0.406 e. The number of fused-ring (bicyclic) bond motifs is 1. The van der Waals surface area contributed by atoms with Crippen LogP contribution in [0.4, 0.5) is 16.2 Å². The number of anilines is 2. The Hall–Kier alpha value is -2.11. The maximum Gasteiger partial charge on any atom is 0.406 e. The molecule has 6 atom stereocenters. The number of esters is 1. The van der Waals surface area contributed by atoms with Gasteiger partial charge in [0.05, 0.1) is 25.6 Å². The van der Waals surface area contributed by atoms with Crippen molar-refractivity contribution in [1.29, 1.82) is 0 Å². The van der Waals surface area contributed by atoms with Gasteiger partial charge in [0.25, 0.3) is 5.13 Å². The number of ether oxygens (including phenoxy) is 2. The number of aliphatic hydroxyl groups excluding tert-OH is 1. The highest BCUT2D eigenvalue weighted by atomic mass is 35.5. The number of aliphatic hydroxyl groups is 1. The second kappa shape index (κ2) is 13.3. The van der Waals surface area contributed by atoms with Crippen LogP contribution in [-0.4, -0.2) is 84.2 Å². The van der Waals surface area contributed by atoms with E-state index in [0.717, 1.165) is 22.7 Å². The Bertz CT molecular complexity index is 1340. The number of hydrogen-bond donors (Lipinski definition) is 4. The van der Waals surface area contributed by atoms with E-state index >= 15 is 4.39 Å². The van der Waals surface area contributed by atoms with E-state index in [1.807, 2.05) is 0 Å². The second-order valence-corrected chi connectivity index (χ2v) is 14.2. The first-order valence-electron chi connectivity index (χ1n) is 12.9. The third-order valence-corrected chi connectivity index (χ3v) is 9.12. The lowest BCUT2D eigenvalue weighted by Crippen LogP contribution is -2.39. The number of hydrogen-bond acceptors (Lipinski definition) is 14. The molecule has 2 aromatic heterocycles. The summed E-state index contributed by atoms with van der Waals surface area (Å²) in [7, 11) is -4.33. The van der Waals surface area contributed by atoms with Gasteiger partial charge in [-0.2, -0.15) is 9.97 Å². The van der Waals surface area contributed by atoms with Crippen molar-refractivity contribution in [3.63, 3.8) is 0 Å². The van der Waals surface area contributed by atoms with Crippen LogP contribution in [-0.2, 0) is 32.7 Å². The minimum atomic E-state index is -4.33. The standard InChI is InChI=1S/C23H36ClFN7O8PS/c1-11(2)39-18(34)12(3)31-41(36,37-7-8-42-20(35)22(4,5)6)38-9-13-15(33)23(24,25)19(40-13)32-10-28-14-16(26)29-21(27)30-17(14)32/h10-13,15,19,33H,7-9H2,1-6H3,(H,31,36)(H4,26,27,29,30). The Kier molecular flexibility index (Phi) is 10.9. The Labute approximate surface area is 251 Å². The molecule has 0 amide bonds. The van der Waals surface area contributed by atoms with Gasteiger partial charge < -0.3 is 26.0 Å². The second-order valence-electron chi connectivity index (χ2n) is 10.8. The van der Waals surface area contributed by atoms with Gasteiger partial charge >= 0.3 is 13.7 Å². The third-order valence-electron chi connectivity index (χ3n) is 5.75. The fraction of sp³-hybridized carbons (Fsp3) is 0.696. The van der Waals surface area contributed by atoms with Crippen LogP contribution in [0.1, 0.15) is 47.8 Å². The fourth-order valence-electron chi connectivity index (χ4n) is 3.65. The molecule has 1 aliphatic heterocycles. The van der Waals surface area contributed by atoms with Crippen molar-refractivity contribution in [2.24, 2.45) is 5.41 Å². The first-order chi connectivity index (χ1) is 19.4. The third kappa shape index (κ3) is 8.08. The SMILES string of the molecule is CC(C)OC(=O)C(C)NP(=O)(OCCSC(=O)C(C)(C)C)OCC1OC(n2cnc3c(N)nc(N)nc32)C(F)(Cl)C1O. The first kappa shape index (κ1) is 34.4. The van der Waals surface area contributed by atoms with Crippen molar-refractivity contribution in [3.8, 4) is 0 Å². The number of nitrogens with two attached hydrogens (primary N) is 2. The van der Waals surface area contributed by atoms with Crippen LogP contribution >= 0.6 is 31.1 Å². The van der Waals surface area contributed by atoms with Crippen molar-refractivity contribution in [1.82, 2.24) is 24.6 Å². The first-order valence-corrected chi connectivity index (χ1v) is 15.8. The van der Waals surface area contributed by atoms with Crippen molar-refractivity contribution >= 4 is 65.1 Å². The van der Waals surface area contributed by atoms with Crippen LogP contribution < -0.4 is 16.6 Å². The van der Waals surface area contributed by atoms with Crippen LogP contribution in [0.25, 0.3) is 11.2 Å². The van der Waals surface area contributed by atoms with E-state index in [9.17, 15) is 19.3 Å². The molecular formula is C23H36ClFN7O8PS. The molecule has 3 rings (SSSR count). The van der Waals surface area contributed by atoms with Gasteiger partial charge in [-0.05, 0) is 20.8 Å². The summed E-state index contributed by atoms with van der Waals surface area (Å²) in [6.45, 7) is 9.03. The molecular weight excluding hydrogens is 620 g/mol. The van der Waals surface area contributed by atoms with Gasteiger partial charge in [-0.15, -0.1) is 0 Å². The average molecular weight is 656 g/mol. The van der Waals surface area contributed by atoms with E-state index in [1.54, 1.807) is 34.6 Å². The maximum atomic E-state index is 15.7. The zero-order valence-corrected chi connectivity index (χ0v) is 26.4. The normalized spacial score (nSPS) is 25.0. The molecule has 1 fully saturated rings. The maximum absolute atomic E-state index is 15.7. The number of imidazole rings is 1. The van der Waals surface area contributed by atoms with E-state index < -0.39 is 61.4 Å². The molecule has 2 aromatic rings. The molecule has 1 saturated heterocycles. The van der Waals surface area contributed by atoms with Gasteiger partial charge in [0, 0.05) is 11.2 Å². The Balaban J connectivity index is 1.76. The van der Waals surface area contributed by atoms with Crippen LogP contribution in [0.15, 0.2) is 6.33 Å². The van der Waals surface area contributed by atoms with E-state index in [4.69, 9.17) is 41.6 Å². The highest BCUT2D eigenvalue weighted by Crippen LogP contribution is 2.49. The van der Waals surface area contributed by atoms with Gasteiger partial charge in [-0.1, -0.05) is 44.1 Å². The van der Waals surface area contributed by atoms with E-state index in [-0.39, 0.29) is 40.4 Å². The Morgan fingerprint density at radius 2 is 1.98 bits per heavy atom. The van der Waals surface area contributed by atoms with Crippen molar-refractivity contribution in [3.05, 3.63) is 6.33 Å². The van der Waals surface area contributed by atoms with Gasteiger partial charge in [0.15, 0.2) is 22.8 Å². The van der Waals surface area contributed by atoms with E-state index in [1.165, 1.54) is 6.92 Å². The summed E-state index contributed by atoms with van der Waals surface area (Å²) in [6.07, 6.45) is -4.46. The molecule has 42 heavy (non-hydrogen) atoms.